The predicted octanol–water partition coefficient (Wildman–Crippen LogP) is 6.78. The number of aromatic nitrogens is 8. The van der Waals surface area contributed by atoms with E-state index in [4.69, 9.17) is 0 Å². The molecule has 0 spiro atoms. The summed E-state index contributed by atoms with van der Waals surface area (Å²) in [6, 6.07) is 31.1. The second-order valence-corrected chi connectivity index (χ2v) is 10.7. The molecule has 4 aromatic heterocycles. The fourth-order valence-corrected chi connectivity index (χ4v) is 4.45. The van der Waals surface area contributed by atoms with Crippen molar-refractivity contribution in [3.63, 3.8) is 0 Å². The maximum Gasteiger partial charge on any atom is 0.429 e. The Bertz CT molecular complexity index is 2110. The summed E-state index contributed by atoms with van der Waals surface area (Å²) in [5.41, 5.74) is 3.22. The van der Waals surface area contributed by atoms with Gasteiger partial charge >= 0.3 is 6.18 Å². The van der Waals surface area contributed by atoms with Crippen LogP contribution in [-0.4, -0.2) is 24.2 Å². The van der Waals surface area contributed by atoms with Gasteiger partial charge in [-0.3, -0.25) is 28.0 Å². The van der Waals surface area contributed by atoms with E-state index in [1.54, 1.807) is 91.6 Å². The van der Waals surface area contributed by atoms with Crippen molar-refractivity contribution in [2.45, 2.75) is 6.18 Å². The first-order valence-electron chi connectivity index (χ1n) is 15.3. The molecule has 0 atom stereocenters. The van der Waals surface area contributed by atoms with Crippen LogP contribution in [0.2, 0.25) is 0 Å². The molecule has 0 aliphatic carbocycles. The van der Waals surface area contributed by atoms with Gasteiger partial charge in [0.25, 0.3) is 12.7 Å². The Balaban J connectivity index is 0.000000156. The first-order valence-corrected chi connectivity index (χ1v) is 15.3. The molecule has 4 heterocycles. The number of hydrogen-bond donors (Lipinski definition) is 0. The van der Waals surface area contributed by atoms with Crippen LogP contribution in [-0.2, 0) is 26.3 Å². The molecule has 8 rings (SSSR count). The van der Waals surface area contributed by atoms with Crippen LogP contribution in [0.1, 0.15) is 5.82 Å². The molecule has 0 aliphatic rings. The number of rotatable bonds is 5. The third-order valence-electron chi connectivity index (χ3n) is 7.00. The normalized spacial score (nSPS) is 10.7. The van der Waals surface area contributed by atoms with Crippen LogP contribution in [0.5, 0.6) is 0 Å². The van der Waals surface area contributed by atoms with Gasteiger partial charge in [-0.25, -0.2) is 8.78 Å². The Morgan fingerprint density at radius 2 is 1.09 bits per heavy atom. The number of imidazole rings is 2. The molecule has 0 amide bonds. The standard InChI is InChI=1S/2C15H9F2N2.C8H4F3N4.Ir/c2*16-12-1-5-14(6-2-12)18-9-10-19(11-18)15-7-3-13(17)4-8-15;9-8(10,11)7-13-6(14-15-7)5-3-1-2-4-12-5;/h2*1-7,9-10H;1-4H;/q3*-1;. The molecule has 1 radical (unpaired) electrons. The van der Waals surface area contributed by atoms with Gasteiger partial charge in [0, 0.05) is 62.7 Å². The zero-order valence-corrected chi connectivity index (χ0v) is 29.7. The fourth-order valence-electron chi connectivity index (χ4n) is 4.45. The van der Waals surface area contributed by atoms with Crippen LogP contribution in [0.4, 0.5) is 30.7 Å². The van der Waals surface area contributed by atoms with Crippen molar-refractivity contribution in [3.8, 4) is 34.3 Å². The van der Waals surface area contributed by atoms with Crippen molar-refractivity contribution in [2.75, 3.05) is 0 Å². The molecular formula is C38H22F7IrN8-3. The summed E-state index contributed by atoms with van der Waals surface area (Å²) in [5, 5.41) is 6.25. The average molecular weight is 916 g/mol. The van der Waals surface area contributed by atoms with E-state index in [0.29, 0.717) is 11.4 Å². The van der Waals surface area contributed by atoms with Crippen LogP contribution in [0.15, 0.2) is 134 Å². The summed E-state index contributed by atoms with van der Waals surface area (Å²) < 4.78 is 94.5. The van der Waals surface area contributed by atoms with Crippen molar-refractivity contribution in [1.29, 1.82) is 0 Å². The summed E-state index contributed by atoms with van der Waals surface area (Å²) >= 11 is 0. The zero-order valence-electron chi connectivity index (χ0n) is 27.3. The van der Waals surface area contributed by atoms with E-state index in [1.165, 1.54) is 60.8 Å². The van der Waals surface area contributed by atoms with Gasteiger partial charge < -0.3 is 19.2 Å². The second kappa shape index (κ2) is 17.5. The average Bonchev–Trinajstić information content (AvgIpc) is 3.96. The summed E-state index contributed by atoms with van der Waals surface area (Å²) in [5.74, 6) is -2.60. The molecule has 4 aromatic carbocycles. The predicted molar refractivity (Wildman–Crippen MR) is 173 cm³/mol. The molecule has 16 heteroatoms. The van der Waals surface area contributed by atoms with Crippen molar-refractivity contribution >= 4 is 0 Å². The first-order chi connectivity index (χ1) is 25.5. The van der Waals surface area contributed by atoms with Crippen molar-refractivity contribution in [3.05, 3.63) is 188 Å². The maximum absolute atomic E-state index is 12.8. The van der Waals surface area contributed by atoms with Crippen LogP contribution in [0, 0.1) is 48.1 Å². The molecule has 0 N–H and O–H groups in total. The number of nitrogens with zero attached hydrogens (tertiary/aromatic N) is 8. The number of alkyl halides is 3. The van der Waals surface area contributed by atoms with Gasteiger partial charge in [0.05, 0.1) is 17.1 Å². The summed E-state index contributed by atoms with van der Waals surface area (Å²) in [6.07, 6.45) is 10.1. The minimum Gasteiger partial charge on any atom is -0.413 e. The summed E-state index contributed by atoms with van der Waals surface area (Å²) in [6.45, 7) is 0. The second-order valence-electron chi connectivity index (χ2n) is 10.7. The quantitative estimate of drug-likeness (QED) is 0.109. The van der Waals surface area contributed by atoms with Crippen molar-refractivity contribution in [2.24, 2.45) is 0 Å². The molecule has 0 saturated carbocycles. The summed E-state index contributed by atoms with van der Waals surface area (Å²) in [7, 11) is 0. The van der Waals surface area contributed by atoms with E-state index in [1.807, 2.05) is 0 Å². The van der Waals surface area contributed by atoms with Gasteiger partial charge in [0.2, 0.25) is 0 Å². The maximum atomic E-state index is 12.8. The number of hydrogen-bond acceptors (Lipinski definition) is 3. The molecular weight excluding hydrogens is 894 g/mol. The third kappa shape index (κ3) is 10.2. The van der Waals surface area contributed by atoms with Gasteiger partial charge in [-0.15, -0.1) is 24.3 Å². The Morgan fingerprint density at radius 1 is 0.611 bits per heavy atom. The van der Waals surface area contributed by atoms with E-state index in [0.717, 1.165) is 11.4 Å². The smallest absolute Gasteiger partial charge is 0.413 e. The fraction of sp³-hybridized carbons (Fsp3) is 0.0263. The van der Waals surface area contributed by atoms with E-state index < -0.39 is 12.0 Å². The van der Waals surface area contributed by atoms with Gasteiger partial charge in [-0.05, 0) is 77.9 Å². The van der Waals surface area contributed by atoms with Gasteiger partial charge in [-0.2, -0.15) is 37.4 Å². The zero-order chi connectivity index (χ0) is 37.4. The van der Waals surface area contributed by atoms with Crippen LogP contribution >= 0.6 is 0 Å². The molecule has 275 valence electrons. The Labute approximate surface area is 316 Å². The monoisotopic (exact) mass is 916 g/mol. The number of benzene rings is 4. The molecule has 54 heavy (non-hydrogen) atoms. The van der Waals surface area contributed by atoms with E-state index >= 15 is 0 Å². The molecule has 8 aromatic rings. The third-order valence-corrected chi connectivity index (χ3v) is 7.00. The molecule has 0 fully saturated rings. The first kappa shape index (κ1) is 39.0. The Kier molecular flexibility index (Phi) is 12.6. The Hall–Kier alpha value is -6.25. The van der Waals surface area contributed by atoms with Gasteiger partial charge in [0.1, 0.15) is 17.5 Å². The van der Waals surface area contributed by atoms with Gasteiger partial charge in [0.15, 0.2) is 0 Å². The number of pyridine rings is 1. The molecule has 0 aliphatic heterocycles. The molecule has 8 nitrogen and oxygen atoms in total. The van der Waals surface area contributed by atoms with Crippen LogP contribution < -0.4 is 14.2 Å². The molecule has 0 saturated heterocycles. The number of halogens is 7. The van der Waals surface area contributed by atoms with Crippen LogP contribution in [0.25, 0.3) is 34.3 Å². The minimum absolute atomic E-state index is 0. The molecule has 0 bridgehead atoms. The summed E-state index contributed by atoms with van der Waals surface area (Å²) in [4.78, 5) is 7.05. The SMILES string of the molecule is FC(F)(F)c1n[n-]c(-c2ccccn2)n1.Fc1c[c-]c(-n2[c-][n+](-c3ccc(F)cc3)cc2)cc1.Fc1c[c-]c(-n2[c-][n+](-c3ccc(F)cc3)cc2)cc1.[Ir]. The van der Waals surface area contributed by atoms with E-state index in [9.17, 15) is 30.7 Å². The largest absolute Gasteiger partial charge is 0.429 e. The molecule has 0 unspecified atom stereocenters. The van der Waals surface area contributed by atoms with Gasteiger partial charge in [-0.1, -0.05) is 6.07 Å². The van der Waals surface area contributed by atoms with E-state index in [2.05, 4.69) is 45.0 Å². The van der Waals surface area contributed by atoms with Crippen LogP contribution in [0.3, 0.4) is 0 Å². The minimum atomic E-state index is -4.57. The van der Waals surface area contributed by atoms with Crippen molar-refractivity contribution in [1.82, 2.24) is 29.3 Å². The Morgan fingerprint density at radius 3 is 1.48 bits per heavy atom. The van der Waals surface area contributed by atoms with Crippen molar-refractivity contribution < 1.29 is 60.0 Å². The van der Waals surface area contributed by atoms with E-state index in [-0.39, 0.29) is 54.9 Å². The topological polar surface area (TPSA) is 70.4 Å².